The first-order chi connectivity index (χ1) is 11.3. The number of aromatic nitrogens is 6. The molecular formula is C14H17N7O2. The van der Waals surface area contributed by atoms with Crippen molar-refractivity contribution in [2.45, 2.75) is 19.4 Å². The molecule has 4 rings (SSSR count). The molecule has 0 bridgehead atoms. The molecule has 9 nitrogen and oxygen atoms in total. The Hall–Kier alpha value is -2.68. The van der Waals surface area contributed by atoms with E-state index in [-0.39, 0.29) is 6.04 Å². The third-order valence-electron chi connectivity index (χ3n) is 3.67. The number of nitrogens with zero attached hydrogens (tertiary/aromatic N) is 5. The molecular weight excluding hydrogens is 298 g/mol. The largest absolute Gasteiger partial charge is 0.488 e. The van der Waals surface area contributed by atoms with E-state index in [1.807, 2.05) is 6.92 Å². The van der Waals surface area contributed by atoms with Gasteiger partial charge in [0.05, 0.1) is 25.5 Å². The maximum Gasteiger partial charge on any atom is 0.243 e. The highest BCUT2D eigenvalue weighted by molar-refractivity contribution is 5.73. The molecule has 0 radical (unpaired) electrons. The smallest absolute Gasteiger partial charge is 0.243 e. The van der Waals surface area contributed by atoms with Crippen molar-refractivity contribution < 1.29 is 9.47 Å². The fourth-order valence-corrected chi connectivity index (χ4v) is 2.59. The summed E-state index contributed by atoms with van der Waals surface area (Å²) in [6, 6.07) is 0.240. The third-order valence-corrected chi connectivity index (χ3v) is 3.67. The zero-order chi connectivity index (χ0) is 15.6. The molecule has 1 atom stereocenters. The average Bonchev–Trinajstić information content (AvgIpc) is 3.29. The zero-order valence-corrected chi connectivity index (χ0v) is 12.7. The van der Waals surface area contributed by atoms with E-state index in [4.69, 9.17) is 9.47 Å². The van der Waals surface area contributed by atoms with Gasteiger partial charge in [0.15, 0.2) is 5.75 Å². The Morgan fingerprint density at radius 3 is 3.22 bits per heavy atom. The normalized spacial score (nSPS) is 17.7. The second kappa shape index (κ2) is 5.84. The van der Waals surface area contributed by atoms with Crippen LogP contribution in [0.15, 0.2) is 18.7 Å². The zero-order valence-electron chi connectivity index (χ0n) is 12.7. The molecule has 0 amide bonds. The van der Waals surface area contributed by atoms with Gasteiger partial charge in [0, 0.05) is 18.4 Å². The van der Waals surface area contributed by atoms with E-state index in [0.29, 0.717) is 36.3 Å². The SMILES string of the molecule is CCOc1c(-c2cn[nH]c2)ncn2nc(N[C@H]3CCOC3)nc12. The quantitative estimate of drug-likeness (QED) is 0.727. The maximum absolute atomic E-state index is 5.78. The summed E-state index contributed by atoms with van der Waals surface area (Å²) in [5, 5.41) is 14.4. The lowest BCUT2D eigenvalue weighted by molar-refractivity contribution is 0.195. The van der Waals surface area contributed by atoms with E-state index in [1.54, 1.807) is 23.2 Å². The van der Waals surface area contributed by atoms with Crippen molar-refractivity contribution in [1.29, 1.82) is 0 Å². The Morgan fingerprint density at radius 2 is 2.48 bits per heavy atom. The number of hydrogen-bond acceptors (Lipinski definition) is 7. The van der Waals surface area contributed by atoms with Crippen LogP contribution in [0.25, 0.3) is 16.9 Å². The Morgan fingerprint density at radius 1 is 1.52 bits per heavy atom. The molecule has 1 saturated heterocycles. The van der Waals surface area contributed by atoms with E-state index in [2.05, 4.69) is 30.6 Å². The van der Waals surface area contributed by atoms with Crippen LogP contribution in [-0.4, -0.2) is 55.6 Å². The number of H-pyrrole nitrogens is 1. The topological polar surface area (TPSA) is 102 Å². The molecule has 0 aliphatic carbocycles. The van der Waals surface area contributed by atoms with Crippen LogP contribution in [0.5, 0.6) is 5.75 Å². The molecule has 0 spiro atoms. The second-order valence-corrected chi connectivity index (χ2v) is 5.25. The van der Waals surface area contributed by atoms with Crippen molar-refractivity contribution in [2.24, 2.45) is 0 Å². The first-order valence-electron chi connectivity index (χ1n) is 7.56. The lowest BCUT2D eigenvalue weighted by atomic mass is 10.2. The molecule has 120 valence electrons. The van der Waals surface area contributed by atoms with E-state index in [1.165, 1.54) is 0 Å². The molecule has 3 aromatic heterocycles. The molecule has 4 heterocycles. The molecule has 0 aromatic carbocycles. The van der Waals surface area contributed by atoms with Gasteiger partial charge in [-0.2, -0.15) is 14.6 Å². The minimum absolute atomic E-state index is 0.240. The van der Waals surface area contributed by atoms with E-state index in [0.717, 1.165) is 18.6 Å². The summed E-state index contributed by atoms with van der Waals surface area (Å²) in [5.41, 5.74) is 2.16. The highest BCUT2D eigenvalue weighted by Crippen LogP contribution is 2.31. The molecule has 3 aromatic rings. The highest BCUT2D eigenvalue weighted by Gasteiger charge is 2.20. The van der Waals surface area contributed by atoms with Crippen molar-refractivity contribution in [3.63, 3.8) is 0 Å². The monoisotopic (exact) mass is 315 g/mol. The van der Waals surface area contributed by atoms with E-state index < -0.39 is 0 Å². The summed E-state index contributed by atoms with van der Waals surface area (Å²) in [6.45, 7) is 3.88. The van der Waals surface area contributed by atoms with Crippen molar-refractivity contribution >= 4 is 11.6 Å². The standard InChI is InChI=1S/C14H17N7O2/c1-2-23-12-11(9-5-16-17-6-9)15-8-21-13(12)19-14(20-21)18-10-3-4-22-7-10/h5-6,8,10H,2-4,7H2,1H3,(H,16,17)(H,18,20)/t10-/m0/s1. The number of hydrogen-bond donors (Lipinski definition) is 2. The van der Waals surface area contributed by atoms with E-state index in [9.17, 15) is 0 Å². The van der Waals surface area contributed by atoms with E-state index >= 15 is 0 Å². The van der Waals surface area contributed by atoms with Crippen LogP contribution < -0.4 is 10.1 Å². The van der Waals surface area contributed by atoms with Gasteiger partial charge in [-0.15, -0.1) is 5.10 Å². The minimum Gasteiger partial charge on any atom is -0.488 e. The number of aromatic amines is 1. The number of anilines is 1. The van der Waals surface area contributed by atoms with Crippen molar-refractivity contribution in [3.05, 3.63) is 18.7 Å². The van der Waals surface area contributed by atoms with Crippen molar-refractivity contribution in [3.8, 4) is 17.0 Å². The molecule has 1 fully saturated rings. The number of ether oxygens (including phenoxy) is 2. The Kier molecular flexibility index (Phi) is 3.54. The van der Waals surface area contributed by atoms with Crippen molar-refractivity contribution in [1.82, 2.24) is 29.8 Å². The summed E-state index contributed by atoms with van der Waals surface area (Å²) in [5.74, 6) is 1.15. The summed E-state index contributed by atoms with van der Waals surface area (Å²) in [4.78, 5) is 8.99. The Labute approximate surface area is 132 Å². The van der Waals surface area contributed by atoms with Gasteiger partial charge in [-0.3, -0.25) is 5.10 Å². The van der Waals surface area contributed by atoms with Gasteiger partial charge in [0.1, 0.15) is 12.0 Å². The highest BCUT2D eigenvalue weighted by atomic mass is 16.5. The summed E-state index contributed by atoms with van der Waals surface area (Å²) in [7, 11) is 0. The van der Waals surface area contributed by atoms with Gasteiger partial charge < -0.3 is 14.8 Å². The van der Waals surface area contributed by atoms with Crippen molar-refractivity contribution in [2.75, 3.05) is 25.1 Å². The Bertz CT molecular complexity index is 793. The lowest BCUT2D eigenvalue weighted by Gasteiger charge is -2.08. The van der Waals surface area contributed by atoms with Gasteiger partial charge in [-0.05, 0) is 13.3 Å². The summed E-state index contributed by atoms with van der Waals surface area (Å²) in [6.07, 6.45) is 6.05. The number of fused-ring (bicyclic) bond motifs is 1. The average molecular weight is 315 g/mol. The number of nitrogens with one attached hydrogen (secondary N) is 2. The predicted molar refractivity (Wildman–Crippen MR) is 82.4 cm³/mol. The Balaban J connectivity index is 1.75. The van der Waals surface area contributed by atoms with Gasteiger partial charge in [0.2, 0.25) is 11.6 Å². The van der Waals surface area contributed by atoms with Crippen LogP contribution in [0, 0.1) is 0 Å². The van der Waals surface area contributed by atoms with Gasteiger partial charge >= 0.3 is 0 Å². The predicted octanol–water partition coefficient (Wildman–Crippen LogP) is 1.11. The van der Waals surface area contributed by atoms with Crippen LogP contribution in [-0.2, 0) is 4.74 Å². The van der Waals surface area contributed by atoms with Crippen LogP contribution in [0.3, 0.4) is 0 Å². The molecule has 23 heavy (non-hydrogen) atoms. The molecule has 0 unspecified atom stereocenters. The number of rotatable bonds is 5. The third kappa shape index (κ3) is 2.59. The fourth-order valence-electron chi connectivity index (χ4n) is 2.59. The van der Waals surface area contributed by atoms with Crippen LogP contribution in [0.4, 0.5) is 5.95 Å². The summed E-state index contributed by atoms with van der Waals surface area (Å²) >= 11 is 0. The fraction of sp³-hybridized carbons (Fsp3) is 0.429. The molecule has 1 aliphatic rings. The van der Waals surface area contributed by atoms with Crippen LogP contribution in [0.1, 0.15) is 13.3 Å². The summed E-state index contributed by atoms with van der Waals surface area (Å²) < 4.78 is 12.8. The van der Waals surface area contributed by atoms with Gasteiger partial charge in [-0.25, -0.2) is 4.98 Å². The maximum atomic E-state index is 5.78. The van der Waals surface area contributed by atoms with Gasteiger partial charge in [-0.1, -0.05) is 0 Å². The van der Waals surface area contributed by atoms with Crippen LogP contribution in [0.2, 0.25) is 0 Å². The first-order valence-corrected chi connectivity index (χ1v) is 7.56. The molecule has 1 aliphatic heterocycles. The van der Waals surface area contributed by atoms with Crippen LogP contribution >= 0.6 is 0 Å². The molecule has 9 heteroatoms. The second-order valence-electron chi connectivity index (χ2n) is 5.25. The minimum atomic E-state index is 0.240. The van der Waals surface area contributed by atoms with Gasteiger partial charge in [0.25, 0.3) is 0 Å². The molecule has 0 saturated carbocycles. The first kappa shape index (κ1) is 13.9. The molecule has 2 N–H and O–H groups in total. The lowest BCUT2D eigenvalue weighted by Crippen LogP contribution is -2.19.